The standard InChI is InChI=1S/C13H16N4O/c1-16-6-4-11(5-7-16)13-14-12-3-2-10(9-18)8-17(12)15-13/h2-3,8-9,11H,4-7H2,1H3. The van der Waals surface area contributed by atoms with E-state index in [0.29, 0.717) is 11.5 Å². The predicted octanol–water partition coefficient (Wildman–Crippen LogP) is 1.35. The summed E-state index contributed by atoms with van der Waals surface area (Å²) in [5.41, 5.74) is 1.44. The number of fused-ring (bicyclic) bond motifs is 1. The van der Waals surface area contributed by atoms with Crippen molar-refractivity contribution < 1.29 is 4.79 Å². The number of aldehydes is 1. The molecule has 5 nitrogen and oxygen atoms in total. The van der Waals surface area contributed by atoms with Gasteiger partial charge >= 0.3 is 0 Å². The molecule has 2 aromatic rings. The Morgan fingerprint density at radius 1 is 1.33 bits per heavy atom. The monoisotopic (exact) mass is 244 g/mol. The molecule has 0 unspecified atom stereocenters. The summed E-state index contributed by atoms with van der Waals surface area (Å²) in [6.07, 6.45) is 4.77. The lowest BCUT2D eigenvalue weighted by atomic mass is 9.97. The minimum absolute atomic E-state index is 0.445. The van der Waals surface area contributed by atoms with Gasteiger partial charge in [0.2, 0.25) is 0 Å². The Balaban J connectivity index is 1.91. The van der Waals surface area contributed by atoms with Gasteiger partial charge in [-0.25, -0.2) is 9.50 Å². The van der Waals surface area contributed by atoms with Gasteiger partial charge in [-0.05, 0) is 45.1 Å². The van der Waals surface area contributed by atoms with E-state index in [1.54, 1.807) is 16.8 Å². The van der Waals surface area contributed by atoms with Crippen molar-refractivity contribution in [3.63, 3.8) is 0 Å². The average molecular weight is 244 g/mol. The van der Waals surface area contributed by atoms with Crippen molar-refractivity contribution in [2.75, 3.05) is 20.1 Å². The largest absolute Gasteiger partial charge is 0.306 e. The van der Waals surface area contributed by atoms with Gasteiger partial charge in [0.25, 0.3) is 0 Å². The van der Waals surface area contributed by atoms with Crippen LogP contribution in [-0.4, -0.2) is 45.9 Å². The Kier molecular flexibility index (Phi) is 2.83. The molecule has 94 valence electrons. The zero-order valence-electron chi connectivity index (χ0n) is 10.4. The van der Waals surface area contributed by atoms with Gasteiger partial charge in [0.05, 0.1) is 0 Å². The van der Waals surface area contributed by atoms with Crippen LogP contribution in [0, 0.1) is 0 Å². The van der Waals surface area contributed by atoms with Crippen molar-refractivity contribution in [3.8, 4) is 0 Å². The van der Waals surface area contributed by atoms with Gasteiger partial charge in [-0.1, -0.05) is 0 Å². The number of carbonyl (C=O) groups excluding carboxylic acids is 1. The fourth-order valence-electron chi connectivity index (χ4n) is 2.43. The number of nitrogens with zero attached hydrogens (tertiary/aromatic N) is 4. The minimum Gasteiger partial charge on any atom is -0.306 e. The van der Waals surface area contributed by atoms with Crippen molar-refractivity contribution in [2.45, 2.75) is 18.8 Å². The molecule has 0 aliphatic carbocycles. The first-order chi connectivity index (χ1) is 8.76. The van der Waals surface area contributed by atoms with Crippen LogP contribution >= 0.6 is 0 Å². The molecule has 0 aromatic carbocycles. The molecule has 3 heterocycles. The van der Waals surface area contributed by atoms with Gasteiger partial charge < -0.3 is 4.90 Å². The lowest BCUT2D eigenvalue weighted by Crippen LogP contribution is -2.29. The number of pyridine rings is 1. The highest BCUT2D eigenvalue weighted by atomic mass is 16.1. The lowest BCUT2D eigenvalue weighted by Gasteiger charge is -2.26. The second-order valence-electron chi connectivity index (χ2n) is 4.93. The SMILES string of the molecule is CN1CCC(c2nc3ccc(C=O)cn3n2)CC1. The van der Waals surface area contributed by atoms with Gasteiger partial charge in [-0.2, -0.15) is 5.10 Å². The molecule has 1 aliphatic heterocycles. The smallest absolute Gasteiger partial charge is 0.155 e. The van der Waals surface area contributed by atoms with E-state index in [1.165, 1.54) is 0 Å². The van der Waals surface area contributed by atoms with Crippen molar-refractivity contribution in [1.82, 2.24) is 19.5 Å². The summed E-state index contributed by atoms with van der Waals surface area (Å²) >= 11 is 0. The maximum Gasteiger partial charge on any atom is 0.155 e. The maximum absolute atomic E-state index is 10.7. The van der Waals surface area contributed by atoms with Crippen LogP contribution in [-0.2, 0) is 0 Å². The van der Waals surface area contributed by atoms with Crippen LogP contribution in [0.1, 0.15) is 34.9 Å². The van der Waals surface area contributed by atoms with E-state index < -0.39 is 0 Å². The number of carbonyl (C=O) groups is 1. The molecule has 0 spiro atoms. The third-order valence-electron chi connectivity index (χ3n) is 3.59. The molecule has 1 saturated heterocycles. The minimum atomic E-state index is 0.445. The van der Waals surface area contributed by atoms with Crippen LogP contribution < -0.4 is 0 Å². The van der Waals surface area contributed by atoms with Crippen molar-refractivity contribution >= 4 is 11.9 Å². The van der Waals surface area contributed by atoms with Crippen LogP contribution in [0.2, 0.25) is 0 Å². The highest BCUT2D eigenvalue weighted by Gasteiger charge is 2.22. The number of likely N-dealkylation sites (tertiary alicyclic amines) is 1. The Labute approximate surface area is 105 Å². The molecular weight excluding hydrogens is 228 g/mol. The van der Waals surface area contributed by atoms with Gasteiger partial charge in [0.1, 0.15) is 0 Å². The Morgan fingerprint density at radius 2 is 2.11 bits per heavy atom. The Morgan fingerprint density at radius 3 is 2.83 bits per heavy atom. The average Bonchev–Trinajstić information content (AvgIpc) is 2.82. The van der Waals surface area contributed by atoms with E-state index in [1.807, 2.05) is 6.07 Å². The molecule has 0 radical (unpaired) electrons. The van der Waals surface area contributed by atoms with E-state index in [4.69, 9.17) is 0 Å². The molecule has 1 aliphatic rings. The molecule has 1 fully saturated rings. The molecule has 0 bridgehead atoms. The summed E-state index contributed by atoms with van der Waals surface area (Å²) in [4.78, 5) is 17.6. The third kappa shape index (κ3) is 2.01. The van der Waals surface area contributed by atoms with Crippen LogP contribution in [0.4, 0.5) is 0 Å². The molecule has 5 heteroatoms. The number of hydrogen-bond donors (Lipinski definition) is 0. The predicted molar refractivity (Wildman–Crippen MR) is 67.8 cm³/mol. The van der Waals surface area contributed by atoms with Crippen molar-refractivity contribution in [2.24, 2.45) is 0 Å². The molecular formula is C13H16N4O. The fraction of sp³-hybridized carbons (Fsp3) is 0.462. The van der Waals surface area contributed by atoms with Gasteiger partial charge in [0, 0.05) is 17.7 Å². The molecule has 0 N–H and O–H groups in total. The van der Waals surface area contributed by atoms with Gasteiger partial charge in [0.15, 0.2) is 17.8 Å². The first-order valence-electron chi connectivity index (χ1n) is 6.26. The van der Waals surface area contributed by atoms with Crippen molar-refractivity contribution in [1.29, 1.82) is 0 Å². The number of hydrogen-bond acceptors (Lipinski definition) is 4. The number of piperidine rings is 1. The van der Waals surface area contributed by atoms with E-state index in [2.05, 4.69) is 22.0 Å². The lowest BCUT2D eigenvalue weighted by molar-refractivity contribution is 0.112. The maximum atomic E-state index is 10.7. The van der Waals surface area contributed by atoms with Crippen molar-refractivity contribution in [3.05, 3.63) is 29.7 Å². The highest BCUT2D eigenvalue weighted by Crippen LogP contribution is 2.25. The summed E-state index contributed by atoms with van der Waals surface area (Å²) < 4.78 is 1.71. The topological polar surface area (TPSA) is 50.5 Å². The van der Waals surface area contributed by atoms with Crippen LogP contribution in [0.25, 0.3) is 5.65 Å². The second-order valence-corrected chi connectivity index (χ2v) is 4.93. The van der Waals surface area contributed by atoms with Crippen LogP contribution in [0.3, 0.4) is 0 Å². The summed E-state index contributed by atoms with van der Waals surface area (Å²) in [6, 6.07) is 3.62. The van der Waals surface area contributed by atoms with E-state index in [0.717, 1.165) is 43.7 Å². The van der Waals surface area contributed by atoms with Crippen LogP contribution in [0.15, 0.2) is 18.3 Å². The van der Waals surface area contributed by atoms with Crippen LogP contribution in [0.5, 0.6) is 0 Å². The molecule has 18 heavy (non-hydrogen) atoms. The summed E-state index contributed by atoms with van der Waals surface area (Å²) in [7, 11) is 2.14. The van der Waals surface area contributed by atoms with E-state index in [9.17, 15) is 4.79 Å². The first kappa shape index (κ1) is 11.3. The second kappa shape index (κ2) is 4.49. The summed E-state index contributed by atoms with van der Waals surface area (Å²) in [5.74, 6) is 1.35. The van der Waals surface area contributed by atoms with E-state index in [-0.39, 0.29) is 0 Å². The highest BCUT2D eigenvalue weighted by molar-refractivity contribution is 5.74. The Hall–Kier alpha value is -1.75. The Bertz CT molecular complexity index is 569. The summed E-state index contributed by atoms with van der Waals surface area (Å²) in [6.45, 7) is 2.19. The molecule has 0 saturated carbocycles. The molecule has 0 atom stereocenters. The molecule has 0 amide bonds. The quantitative estimate of drug-likeness (QED) is 0.748. The van der Waals surface area contributed by atoms with E-state index >= 15 is 0 Å². The normalized spacial score (nSPS) is 18.3. The molecule has 3 rings (SSSR count). The van der Waals surface area contributed by atoms with Gasteiger partial charge in [-0.3, -0.25) is 4.79 Å². The first-order valence-corrected chi connectivity index (χ1v) is 6.26. The fourth-order valence-corrected chi connectivity index (χ4v) is 2.43. The number of aromatic nitrogens is 3. The molecule has 2 aromatic heterocycles. The summed E-state index contributed by atoms with van der Waals surface area (Å²) in [5, 5.41) is 4.50. The zero-order valence-corrected chi connectivity index (χ0v) is 10.4. The third-order valence-corrected chi connectivity index (χ3v) is 3.59. The van der Waals surface area contributed by atoms with Gasteiger partial charge in [-0.15, -0.1) is 0 Å². The zero-order chi connectivity index (χ0) is 12.5. The number of rotatable bonds is 2.